The van der Waals surface area contributed by atoms with E-state index in [1.807, 2.05) is 20.0 Å². The molecule has 6 nitrogen and oxygen atoms in total. The first-order valence-corrected chi connectivity index (χ1v) is 6.58. The molecule has 0 aliphatic rings. The van der Waals surface area contributed by atoms with Crippen molar-refractivity contribution in [1.82, 2.24) is 10.3 Å². The zero-order valence-electron chi connectivity index (χ0n) is 12.2. The lowest BCUT2D eigenvalue weighted by Gasteiger charge is -2.12. The van der Waals surface area contributed by atoms with Crippen LogP contribution >= 0.6 is 0 Å². The number of nitro benzene ring substituents is 1. The van der Waals surface area contributed by atoms with Gasteiger partial charge in [-0.25, -0.2) is 4.98 Å². The van der Waals surface area contributed by atoms with Gasteiger partial charge in [-0.05, 0) is 38.1 Å². The van der Waals surface area contributed by atoms with E-state index in [9.17, 15) is 10.1 Å². The number of hydrogen-bond acceptors (Lipinski definition) is 5. The highest BCUT2D eigenvalue weighted by Crippen LogP contribution is 2.34. The number of aryl methyl sites for hydroxylation is 1. The topological polar surface area (TPSA) is 77.3 Å². The maximum Gasteiger partial charge on any atom is 0.311 e. The Balaban J connectivity index is 2.37. The average molecular weight is 287 g/mol. The predicted octanol–water partition coefficient (Wildman–Crippen LogP) is 3.37. The largest absolute Gasteiger partial charge is 0.432 e. The summed E-state index contributed by atoms with van der Waals surface area (Å²) in [5.74, 6) is 0.566. The third-order valence-corrected chi connectivity index (χ3v) is 3.29. The lowest BCUT2D eigenvalue weighted by Crippen LogP contribution is -2.12. The Bertz CT molecular complexity index is 658. The van der Waals surface area contributed by atoms with Crippen molar-refractivity contribution < 1.29 is 9.66 Å². The van der Waals surface area contributed by atoms with Crippen molar-refractivity contribution in [2.75, 3.05) is 7.05 Å². The van der Waals surface area contributed by atoms with Crippen molar-refractivity contribution in [3.8, 4) is 11.6 Å². The van der Waals surface area contributed by atoms with E-state index in [0.717, 1.165) is 5.56 Å². The molecule has 1 unspecified atom stereocenters. The number of para-hydroxylation sites is 1. The number of nitro groups is 1. The molecule has 0 aliphatic heterocycles. The van der Waals surface area contributed by atoms with Gasteiger partial charge in [0.2, 0.25) is 11.6 Å². The number of rotatable bonds is 5. The molecule has 0 amide bonds. The van der Waals surface area contributed by atoms with Crippen LogP contribution in [0.5, 0.6) is 11.6 Å². The highest BCUT2D eigenvalue weighted by Gasteiger charge is 2.18. The first-order chi connectivity index (χ1) is 10.0. The van der Waals surface area contributed by atoms with E-state index < -0.39 is 4.92 Å². The van der Waals surface area contributed by atoms with Gasteiger partial charge in [-0.1, -0.05) is 12.1 Å². The summed E-state index contributed by atoms with van der Waals surface area (Å²) in [7, 11) is 1.86. The molecular weight excluding hydrogens is 270 g/mol. The van der Waals surface area contributed by atoms with Crippen molar-refractivity contribution in [2.24, 2.45) is 0 Å². The first kappa shape index (κ1) is 14.9. The quantitative estimate of drug-likeness (QED) is 0.674. The van der Waals surface area contributed by atoms with E-state index in [-0.39, 0.29) is 17.5 Å². The summed E-state index contributed by atoms with van der Waals surface area (Å²) in [6, 6.07) is 8.61. The smallest absolute Gasteiger partial charge is 0.311 e. The average Bonchev–Trinajstić information content (AvgIpc) is 2.48. The monoisotopic (exact) mass is 287 g/mol. The fourth-order valence-electron chi connectivity index (χ4n) is 1.93. The van der Waals surface area contributed by atoms with Crippen LogP contribution in [0.15, 0.2) is 36.5 Å². The second kappa shape index (κ2) is 6.32. The molecule has 0 fully saturated rings. The second-order valence-electron chi connectivity index (χ2n) is 4.72. The fraction of sp³-hybridized carbons (Fsp3) is 0.267. The van der Waals surface area contributed by atoms with Crippen LogP contribution in [0.3, 0.4) is 0 Å². The number of nitrogens with one attached hydrogen (secondary N) is 1. The third-order valence-electron chi connectivity index (χ3n) is 3.29. The molecule has 0 radical (unpaired) electrons. The van der Waals surface area contributed by atoms with Crippen LogP contribution in [0.25, 0.3) is 0 Å². The molecule has 1 aromatic heterocycles. The van der Waals surface area contributed by atoms with Gasteiger partial charge in [-0.15, -0.1) is 0 Å². The minimum absolute atomic E-state index is 0.0659. The highest BCUT2D eigenvalue weighted by atomic mass is 16.6. The highest BCUT2D eigenvalue weighted by molar-refractivity contribution is 5.52. The van der Waals surface area contributed by atoms with Crippen molar-refractivity contribution in [1.29, 1.82) is 0 Å². The summed E-state index contributed by atoms with van der Waals surface area (Å²) in [4.78, 5) is 14.7. The summed E-state index contributed by atoms with van der Waals surface area (Å²) in [5.41, 5.74) is 1.63. The van der Waals surface area contributed by atoms with E-state index in [2.05, 4.69) is 10.3 Å². The zero-order valence-corrected chi connectivity index (χ0v) is 12.2. The molecule has 6 heteroatoms. The van der Waals surface area contributed by atoms with E-state index in [4.69, 9.17) is 4.74 Å². The van der Waals surface area contributed by atoms with Crippen LogP contribution in [0.1, 0.15) is 24.1 Å². The Labute approximate surface area is 122 Å². The van der Waals surface area contributed by atoms with E-state index in [0.29, 0.717) is 11.4 Å². The lowest BCUT2D eigenvalue weighted by atomic mass is 10.1. The third kappa shape index (κ3) is 3.35. The van der Waals surface area contributed by atoms with Gasteiger partial charge in [0.25, 0.3) is 0 Å². The normalized spacial score (nSPS) is 12.0. The standard InChI is InChI=1S/C15H17N3O3/c1-10-5-4-6-13(18(19)20)15(10)21-14-9-12(7-8-17-14)11(2)16-3/h4-9,11,16H,1-3H3. The fourth-order valence-corrected chi connectivity index (χ4v) is 1.93. The van der Waals surface area contributed by atoms with Crippen LogP contribution < -0.4 is 10.1 Å². The Morgan fingerprint density at radius 1 is 1.38 bits per heavy atom. The maximum atomic E-state index is 11.1. The Hall–Kier alpha value is -2.47. The van der Waals surface area contributed by atoms with Gasteiger partial charge in [0, 0.05) is 24.4 Å². The molecule has 1 atom stereocenters. The maximum absolute atomic E-state index is 11.1. The Kier molecular flexibility index (Phi) is 4.49. The molecule has 0 bridgehead atoms. The summed E-state index contributed by atoms with van der Waals surface area (Å²) < 4.78 is 5.66. The predicted molar refractivity (Wildman–Crippen MR) is 79.6 cm³/mol. The summed E-state index contributed by atoms with van der Waals surface area (Å²) in [5, 5.41) is 14.2. The number of hydrogen-bond donors (Lipinski definition) is 1. The Morgan fingerprint density at radius 2 is 2.14 bits per heavy atom. The number of nitrogens with zero attached hydrogens (tertiary/aromatic N) is 2. The van der Waals surface area contributed by atoms with E-state index >= 15 is 0 Å². The van der Waals surface area contributed by atoms with E-state index in [1.165, 1.54) is 6.07 Å². The molecule has 2 rings (SSSR count). The molecule has 1 heterocycles. The number of aromatic nitrogens is 1. The van der Waals surface area contributed by atoms with Crippen molar-refractivity contribution in [2.45, 2.75) is 19.9 Å². The van der Waals surface area contributed by atoms with E-state index in [1.54, 1.807) is 31.3 Å². The van der Waals surface area contributed by atoms with Gasteiger partial charge in [0.1, 0.15) is 0 Å². The molecule has 1 N–H and O–H groups in total. The minimum Gasteiger partial charge on any atom is -0.432 e. The van der Waals surface area contributed by atoms with Crippen LogP contribution in [-0.4, -0.2) is 17.0 Å². The lowest BCUT2D eigenvalue weighted by molar-refractivity contribution is -0.385. The van der Waals surface area contributed by atoms with Crippen LogP contribution in [0, 0.1) is 17.0 Å². The second-order valence-corrected chi connectivity index (χ2v) is 4.72. The van der Waals surface area contributed by atoms with Crippen LogP contribution in [-0.2, 0) is 0 Å². The minimum atomic E-state index is -0.456. The van der Waals surface area contributed by atoms with Crippen molar-refractivity contribution in [3.63, 3.8) is 0 Å². The van der Waals surface area contributed by atoms with Gasteiger partial charge in [-0.3, -0.25) is 10.1 Å². The summed E-state index contributed by atoms with van der Waals surface area (Å²) >= 11 is 0. The van der Waals surface area contributed by atoms with Crippen LogP contribution in [0.4, 0.5) is 5.69 Å². The molecule has 110 valence electrons. The van der Waals surface area contributed by atoms with Gasteiger partial charge in [0.15, 0.2) is 0 Å². The van der Waals surface area contributed by atoms with Crippen molar-refractivity contribution >= 4 is 5.69 Å². The van der Waals surface area contributed by atoms with Gasteiger partial charge < -0.3 is 10.1 Å². The molecule has 21 heavy (non-hydrogen) atoms. The Morgan fingerprint density at radius 3 is 2.81 bits per heavy atom. The number of pyridine rings is 1. The van der Waals surface area contributed by atoms with Crippen molar-refractivity contribution in [3.05, 3.63) is 57.8 Å². The molecule has 0 saturated carbocycles. The van der Waals surface area contributed by atoms with Gasteiger partial charge in [0.05, 0.1) is 4.92 Å². The van der Waals surface area contributed by atoms with Crippen LogP contribution in [0.2, 0.25) is 0 Å². The zero-order chi connectivity index (χ0) is 15.4. The first-order valence-electron chi connectivity index (χ1n) is 6.58. The van der Waals surface area contributed by atoms with Gasteiger partial charge >= 0.3 is 5.69 Å². The molecule has 0 spiro atoms. The molecule has 0 aliphatic carbocycles. The summed E-state index contributed by atoms with van der Waals surface area (Å²) in [6.45, 7) is 3.78. The molecule has 2 aromatic rings. The molecular formula is C15H17N3O3. The number of ether oxygens (including phenoxy) is 1. The SMILES string of the molecule is CNC(C)c1ccnc(Oc2c(C)cccc2[N+](=O)[O-])c1. The van der Waals surface area contributed by atoms with Gasteiger partial charge in [-0.2, -0.15) is 0 Å². The molecule has 0 saturated heterocycles. The molecule has 1 aromatic carbocycles. The summed E-state index contributed by atoms with van der Waals surface area (Å²) in [6.07, 6.45) is 1.63. The number of benzene rings is 1.